The first-order valence-corrected chi connectivity index (χ1v) is 5.45. The third kappa shape index (κ3) is 2.18. The summed E-state index contributed by atoms with van der Waals surface area (Å²) in [6, 6.07) is 5.47. The third-order valence-electron chi connectivity index (χ3n) is 2.50. The Kier molecular flexibility index (Phi) is 2.91. The standard InChI is InChI=1S/C12H15N5/c1-8(2)10-5-7-17(16-10)12-9(11(13)14)4-3-6-15-12/h3-8H,1-2H3,(H3,13,14). The zero-order valence-corrected chi connectivity index (χ0v) is 9.88. The Morgan fingerprint density at radius 1 is 1.41 bits per heavy atom. The van der Waals surface area contributed by atoms with E-state index in [0.29, 0.717) is 17.3 Å². The molecule has 0 unspecified atom stereocenters. The van der Waals surface area contributed by atoms with Crippen LogP contribution in [0.5, 0.6) is 0 Å². The van der Waals surface area contributed by atoms with E-state index in [4.69, 9.17) is 11.1 Å². The Morgan fingerprint density at radius 3 is 2.76 bits per heavy atom. The minimum atomic E-state index is -0.00491. The molecule has 0 bridgehead atoms. The number of nitrogens with two attached hydrogens (primary N) is 1. The maximum Gasteiger partial charge on any atom is 0.164 e. The summed E-state index contributed by atoms with van der Waals surface area (Å²) in [5, 5.41) is 11.9. The number of hydrogen-bond donors (Lipinski definition) is 2. The van der Waals surface area contributed by atoms with Gasteiger partial charge in [-0.25, -0.2) is 9.67 Å². The van der Waals surface area contributed by atoms with Gasteiger partial charge in [0.25, 0.3) is 0 Å². The van der Waals surface area contributed by atoms with Crippen molar-refractivity contribution in [1.82, 2.24) is 14.8 Å². The van der Waals surface area contributed by atoms with Crippen molar-refractivity contribution in [2.45, 2.75) is 19.8 Å². The van der Waals surface area contributed by atoms with Gasteiger partial charge in [0.2, 0.25) is 0 Å². The number of hydrogen-bond acceptors (Lipinski definition) is 3. The molecule has 2 aromatic heterocycles. The van der Waals surface area contributed by atoms with Crippen molar-refractivity contribution in [1.29, 1.82) is 5.41 Å². The van der Waals surface area contributed by atoms with Crippen molar-refractivity contribution < 1.29 is 0 Å². The lowest BCUT2D eigenvalue weighted by atomic mass is 10.1. The van der Waals surface area contributed by atoms with Crippen LogP contribution < -0.4 is 5.73 Å². The van der Waals surface area contributed by atoms with E-state index in [9.17, 15) is 0 Å². The van der Waals surface area contributed by atoms with Gasteiger partial charge in [-0.3, -0.25) is 5.41 Å². The summed E-state index contributed by atoms with van der Waals surface area (Å²) in [7, 11) is 0. The van der Waals surface area contributed by atoms with Crippen LogP contribution in [0.1, 0.15) is 31.0 Å². The molecule has 0 aliphatic carbocycles. The number of pyridine rings is 1. The summed E-state index contributed by atoms with van der Waals surface area (Å²) in [5.74, 6) is 0.947. The first kappa shape index (κ1) is 11.3. The topological polar surface area (TPSA) is 80.6 Å². The van der Waals surface area contributed by atoms with Crippen LogP contribution in [0.3, 0.4) is 0 Å². The van der Waals surface area contributed by atoms with E-state index < -0.39 is 0 Å². The van der Waals surface area contributed by atoms with E-state index in [1.54, 1.807) is 23.0 Å². The Hall–Kier alpha value is -2.17. The van der Waals surface area contributed by atoms with Crippen LogP contribution >= 0.6 is 0 Å². The lowest BCUT2D eigenvalue weighted by molar-refractivity contribution is 0.757. The predicted octanol–water partition coefficient (Wildman–Crippen LogP) is 1.67. The van der Waals surface area contributed by atoms with Gasteiger partial charge in [-0.1, -0.05) is 13.8 Å². The van der Waals surface area contributed by atoms with Crippen LogP contribution in [0.2, 0.25) is 0 Å². The Labute approximate surface area is 99.8 Å². The first-order valence-electron chi connectivity index (χ1n) is 5.45. The molecule has 2 aromatic rings. The molecule has 0 amide bonds. The fourth-order valence-corrected chi connectivity index (χ4v) is 1.55. The number of rotatable bonds is 3. The molecule has 0 saturated carbocycles. The molecular weight excluding hydrogens is 214 g/mol. The molecule has 5 heteroatoms. The molecule has 0 saturated heterocycles. The second kappa shape index (κ2) is 4.37. The second-order valence-corrected chi connectivity index (χ2v) is 4.13. The molecule has 0 atom stereocenters. The summed E-state index contributed by atoms with van der Waals surface area (Å²) < 4.78 is 1.66. The average molecular weight is 229 g/mol. The minimum Gasteiger partial charge on any atom is -0.384 e. The minimum absolute atomic E-state index is 0.00491. The third-order valence-corrected chi connectivity index (χ3v) is 2.50. The van der Waals surface area contributed by atoms with Gasteiger partial charge in [-0.15, -0.1) is 0 Å². The lowest BCUT2D eigenvalue weighted by Crippen LogP contribution is -2.16. The number of nitrogens with zero attached hydrogens (tertiary/aromatic N) is 3. The smallest absolute Gasteiger partial charge is 0.164 e. The van der Waals surface area contributed by atoms with Crippen molar-refractivity contribution >= 4 is 5.84 Å². The summed E-state index contributed by atoms with van der Waals surface area (Å²) in [6.07, 6.45) is 3.50. The zero-order chi connectivity index (χ0) is 12.4. The van der Waals surface area contributed by atoms with Crippen molar-refractivity contribution in [3.05, 3.63) is 41.9 Å². The maximum atomic E-state index is 7.51. The van der Waals surface area contributed by atoms with E-state index >= 15 is 0 Å². The average Bonchev–Trinajstić information content (AvgIpc) is 2.78. The fraction of sp³-hybridized carbons (Fsp3) is 0.250. The Morgan fingerprint density at radius 2 is 2.18 bits per heavy atom. The van der Waals surface area contributed by atoms with E-state index in [1.807, 2.05) is 12.3 Å². The van der Waals surface area contributed by atoms with Crippen LogP contribution in [-0.4, -0.2) is 20.6 Å². The highest BCUT2D eigenvalue weighted by atomic mass is 15.3. The Bertz CT molecular complexity index is 541. The van der Waals surface area contributed by atoms with Crippen LogP contribution in [0, 0.1) is 5.41 Å². The van der Waals surface area contributed by atoms with Gasteiger partial charge in [0, 0.05) is 12.4 Å². The van der Waals surface area contributed by atoms with Crippen molar-refractivity contribution in [2.24, 2.45) is 5.73 Å². The normalized spacial score (nSPS) is 10.8. The summed E-state index contributed by atoms with van der Waals surface area (Å²) >= 11 is 0. The summed E-state index contributed by atoms with van der Waals surface area (Å²) in [5.41, 5.74) is 7.10. The number of nitrogen functional groups attached to an aromatic ring is 1. The molecule has 0 radical (unpaired) electrons. The van der Waals surface area contributed by atoms with Gasteiger partial charge in [0.1, 0.15) is 5.84 Å². The maximum absolute atomic E-state index is 7.51. The highest BCUT2D eigenvalue weighted by Crippen LogP contribution is 2.15. The van der Waals surface area contributed by atoms with E-state index in [-0.39, 0.29) is 5.84 Å². The summed E-state index contributed by atoms with van der Waals surface area (Å²) in [4.78, 5) is 4.22. The Balaban J connectivity index is 2.49. The molecule has 0 aliphatic rings. The number of aromatic nitrogens is 3. The molecule has 88 valence electrons. The van der Waals surface area contributed by atoms with E-state index in [2.05, 4.69) is 23.9 Å². The highest BCUT2D eigenvalue weighted by Gasteiger charge is 2.10. The molecule has 0 aliphatic heterocycles. The van der Waals surface area contributed by atoms with Gasteiger partial charge < -0.3 is 5.73 Å². The molecule has 17 heavy (non-hydrogen) atoms. The second-order valence-electron chi connectivity index (χ2n) is 4.13. The highest BCUT2D eigenvalue weighted by molar-refractivity contribution is 5.97. The van der Waals surface area contributed by atoms with Crippen molar-refractivity contribution in [2.75, 3.05) is 0 Å². The molecule has 0 spiro atoms. The van der Waals surface area contributed by atoms with Gasteiger partial charge in [0.05, 0.1) is 11.3 Å². The lowest BCUT2D eigenvalue weighted by Gasteiger charge is -2.06. The van der Waals surface area contributed by atoms with Gasteiger partial charge in [-0.2, -0.15) is 5.10 Å². The van der Waals surface area contributed by atoms with Crippen LogP contribution in [0.25, 0.3) is 5.82 Å². The van der Waals surface area contributed by atoms with Gasteiger partial charge >= 0.3 is 0 Å². The fourth-order valence-electron chi connectivity index (χ4n) is 1.55. The monoisotopic (exact) mass is 229 g/mol. The van der Waals surface area contributed by atoms with Gasteiger partial charge in [0.15, 0.2) is 5.82 Å². The largest absolute Gasteiger partial charge is 0.384 e. The summed E-state index contributed by atoms with van der Waals surface area (Å²) in [6.45, 7) is 4.16. The van der Waals surface area contributed by atoms with Gasteiger partial charge in [-0.05, 0) is 24.1 Å². The molecule has 0 fully saturated rings. The van der Waals surface area contributed by atoms with E-state index in [1.165, 1.54) is 0 Å². The van der Waals surface area contributed by atoms with Crippen LogP contribution in [0.4, 0.5) is 0 Å². The molecule has 2 rings (SSSR count). The zero-order valence-electron chi connectivity index (χ0n) is 9.88. The number of amidine groups is 1. The van der Waals surface area contributed by atoms with Crippen molar-refractivity contribution in [3.63, 3.8) is 0 Å². The molecule has 3 N–H and O–H groups in total. The van der Waals surface area contributed by atoms with Crippen LogP contribution in [0.15, 0.2) is 30.6 Å². The molecular formula is C12H15N5. The quantitative estimate of drug-likeness (QED) is 0.620. The van der Waals surface area contributed by atoms with Crippen LogP contribution in [-0.2, 0) is 0 Å². The molecule has 2 heterocycles. The SMILES string of the molecule is CC(C)c1ccn(-c2ncccc2C(=N)N)n1. The first-order chi connectivity index (χ1) is 8.09. The molecule has 5 nitrogen and oxygen atoms in total. The van der Waals surface area contributed by atoms with Crippen molar-refractivity contribution in [3.8, 4) is 5.82 Å². The number of nitrogens with one attached hydrogen (secondary N) is 1. The molecule has 0 aromatic carbocycles. The predicted molar refractivity (Wildman–Crippen MR) is 66.5 cm³/mol. The van der Waals surface area contributed by atoms with E-state index in [0.717, 1.165) is 5.69 Å².